The number of halogens is 4. The highest BCUT2D eigenvalue weighted by atomic mass is 79.9. The third-order valence-electron chi connectivity index (χ3n) is 2.08. The van der Waals surface area contributed by atoms with Gasteiger partial charge < -0.3 is 5.32 Å². The highest BCUT2D eigenvalue weighted by Gasteiger charge is 2.04. The molecule has 6 heteroatoms. The number of hydrogen-bond donors (Lipinski definition) is 1. The number of anilines is 1. The van der Waals surface area contributed by atoms with Crippen molar-refractivity contribution in [2.24, 2.45) is 0 Å². The van der Waals surface area contributed by atoms with Crippen LogP contribution in [0.5, 0.6) is 0 Å². The molecule has 1 nitrogen and oxygen atoms in total. The van der Waals surface area contributed by atoms with Crippen molar-refractivity contribution in [1.29, 1.82) is 0 Å². The summed E-state index contributed by atoms with van der Waals surface area (Å²) in [5.41, 5.74) is 1.02. The Morgan fingerprint density at radius 3 is 2.47 bits per heavy atom. The van der Waals surface area contributed by atoms with Crippen LogP contribution in [0.4, 0.5) is 5.69 Å². The minimum absolute atomic E-state index is 0.706. The van der Waals surface area contributed by atoms with E-state index >= 15 is 0 Å². The Bertz CT molecular complexity index is 523. The number of thiophene rings is 1. The molecule has 0 radical (unpaired) electrons. The van der Waals surface area contributed by atoms with Crippen LogP contribution < -0.4 is 5.32 Å². The van der Waals surface area contributed by atoms with Gasteiger partial charge in [-0.1, -0.05) is 23.2 Å². The quantitative estimate of drug-likeness (QED) is 0.630. The molecule has 0 saturated carbocycles. The molecule has 2 rings (SSSR count). The van der Waals surface area contributed by atoms with Crippen LogP contribution in [0.2, 0.25) is 9.36 Å². The summed E-state index contributed by atoms with van der Waals surface area (Å²) in [6.07, 6.45) is 0. The molecule has 0 bridgehead atoms. The van der Waals surface area contributed by atoms with Gasteiger partial charge in [0.1, 0.15) is 4.34 Å². The Morgan fingerprint density at radius 1 is 1.12 bits per heavy atom. The number of hydrogen-bond acceptors (Lipinski definition) is 2. The first kappa shape index (κ1) is 13.7. The molecule has 0 spiro atoms. The summed E-state index contributed by atoms with van der Waals surface area (Å²) >= 11 is 20.2. The van der Waals surface area contributed by atoms with E-state index in [1.165, 1.54) is 4.88 Å². The van der Waals surface area contributed by atoms with Crippen LogP contribution >= 0.6 is 66.4 Å². The SMILES string of the molecule is Clc1ccc(NCc2cc(Br)c(Cl)s2)cc1Br. The zero-order chi connectivity index (χ0) is 12.4. The summed E-state index contributed by atoms with van der Waals surface area (Å²) in [6, 6.07) is 7.76. The summed E-state index contributed by atoms with van der Waals surface area (Å²) in [7, 11) is 0. The molecular formula is C11H7Br2Cl2NS. The summed E-state index contributed by atoms with van der Waals surface area (Å²) in [5, 5.41) is 4.02. The van der Waals surface area contributed by atoms with Crippen LogP contribution in [-0.4, -0.2) is 0 Å². The van der Waals surface area contributed by atoms with Gasteiger partial charge in [-0.25, -0.2) is 0 Å². The van der Waals surface area contributed by atoms with Gasteiger partial charge in [0.2, 0.25) is 0 Å². The van der Waals surface area contributed by atoms with Gasteiger partial charge in [0.05, 0.1) is 5.02 Å². The van der Waals surface area contributed by atoms with E-state index in [-0.39, 0.29) is 0 Å². The first-order valence-electron chi connectivity index (χ1n) is 4.69. The van der Waals surface area contributed by atoms with Crippen LogP contribution in [0.3, 0.4) is 0 Å². The molecule has 1 N–H and O–H groups in total. The molecule has 17 heavy (non-hydrogen) atoms. The number of benzene rings is 1. The molecule has 0 unspecified atom stereocenters. The Hall–Kier alpha value is 0.260. The first-order chi connectivity index (χ1) is 8.06. The topological polar surface area (TPSA) is 12.0 Å². The van der Waals surface area contributed by atoms with Gasteiger partial charge in [-0.05, 0) is 56.1 Å². The van der Waals surface area contributed by atoms with Crippen molar-refractivity contribution in [3.63, 3.8) is 0 Å². The summed E-state index contributed by atoms with van der Waals surface area (Å²) in [5.74, 6) is 0. The molecule has 0 aliphatic rings. The highest BCUT2D eigenvalue weighted by Crippen LogP contribution is 2.32. The molecule has 0 atom stereocenters. The average Bonchev–Trinajstić information content (AvgIpc) is 2.60. The standard InChI is InChI=1S/C11H7Br2Cl2NS/c12-8-3-6(1-2-10(8)14)16-5-7-4-9(13)11(15)17-7/h1-4,16H,5H2. The largest absolute Gasteiger partial charge is 0.380 e. The third-order valence-corrected chi connectivity index (χ3v) is 5.77. The predicted octanol–water partition coefficient (Wildman–Crippen LogP) is 6.19. The van der Waals surface area contributed by atoms with E-state index in [4.69, 9.17) is 23.2 Å². The Balaban J connectivity index is 2.04. The van der Waals surface area contributed by atoms with E-state index in [1.54, 1.807) is 11.3 Å². The lowest BCUT2D eigenvalue weighted by Gasteiger charge is -2.05. The normalized spacial score (nSPS) is 10.6. The monoisotopic (exact) mass is 413 g/mol. The molecular weight excluding hydrogens is 409 g/mol. The molecule has 0 aliphatic heterocycles. The number of nitrogens with one attached hydrogen (secondary N) is 1. The highest BCUT2D eigenvalue weighted by molar-refractivity contribution is 9.11. The van der Waals surface area contributed by atoms with Gasteiger partial charge >= 0.3 is 0 Å². The molecule has 1 aromatic heterocycles. The maximum Gasteiger partial charge on any atom is 0.107 e. The molecule has 1 aromatic carbocycles. The van der Waals surface area contributed by atoms with E-state index < -0.39 is 0 Å². The molecule has 90 valence electrons. The van der Waals surface area contributed by atoms with Crippen LogP contribution in [0.1, 0.15) is 4.88 Å². The summed E-state index contributed by atoms with van der Waals surface area (Å²) in [4.78, 5) is 1.17. The smallest absolute Gasteiger partial charge is 0.107 e. The van der Waals surface area contributed by atoms with E-state index in [0.29, 0.717) is 5.02 Å². The third kappa shape index (κ3) is 3.61. The Labute approximate surface area is 130 Å². The van der Waals surface area contributed by atoms with Crippen molar-refractivity contribution in [3.05, 3.63) is 47.4 Å². The molecule has 1 heterocycles. The van der Waals surface area contributed by atoms with E-state index in [9.17, 15) is 0 Å². The van der Waals surface area contributed by atoms with E-state index in [0.717, 1.165) is 25.5 Å². The number of rotatable bonds is 3. The lowest BCUT2D eigenvalue weighted by Crippen LogP contribution is -1.96. The predicted molar refractivity (Wildman–Crippen MR) is 83.5 cm³/mol. The second-order valence-electron chi connectivity index (χ2n) is 3.32. The minimum Gasteiger partial charge on any atom is -0.380 e. The zero-order valence-corrected chi connectivity index (χ0v) is 13.9. The summed E-state index contributed by atoms with van der Waals surface area (Å²) in [6.45, 7) is 0.740. The van der Waals surface area contributed by atoms with Gasteiger partial charge in [0.15, 0.2) is 0 Å². The van der Waals surface area contributed by atoms with Gasteiger partial charge in [-0.15, -0.1) is 11.3 Å². The first-order valence-corrected chi connectivity index (χ1v) is 7.85. The van der Waals surface area contributed by atoms with E-state index in [1.807, 2.05) is 24.3 Å². The van der Waals surface area contributed by atoms with E-state index in [2.05, 4.69) is 37.2 Å². The van der Waals surface area contributed by atoms with Crippen LogP contribution in [0.15, 0.2) is 33.2 Å². The molecule has 0 fully saturated rings. The fraction of sp³-hybridized carbons (Fsp3) is 0.0909. The van der Waals surface area contributed by atoms with Crippen molar-refractivity contribution in [3.8, 4) is 0 Å². The van der Waals surface area contributed by atoms with Gasteiger partial charge in [0.25, 0.3) is 0 Å². The van der Waals surface area contributed by atoms with Crippen molar-refractivity contribution in [1.82, 2.24) is 0 Å². The second kappa shape index (κ2) is 5.93. The Kier molecular flexibility index (Phi) is 4.78. The van der Waals surface area contributed by atoms with Crippen molar-refractivity contribution >= 4 is 72.1 Å². The zero-order valence-electron chi connectivity index (χ0n) is 8.44. The minimum atomic E-state index is 0.706. The van der Waals surface area contributed by atoms with Crippen LogP contribution in [0, 0.1) is 0 Å². The van der Waals surface area contributed by atoms with Gasteiger partial charge in [0, 0.05) is 26.1 Å². The molecule has 0 saturated heterocycles. The maximum atomic E-state index is 5.98. The lowest BCUT2D eigenvalue weighted by molar-refractivity contribution is 1.19. The fourth-order valence-electron chi connectivity index (χ4n) is 1.27. The van der Waals surface area contributed by atoms with Gasteiger partial charge in [-0.2, -0.15) is 0 Å². The van der Waals surface area contributed by atoms with Crippen molar-refractivity contribution in [2.45, 2.75) is 6.54 Å². The maximum absolute atomic E-state index is 5.98. The van der Waals surface area contributed by atoms with Crippen molar-refractivity contribution < 1.29 is 0 Å². The van der Waals surface area contributed by atoms with Crippen LogP contribution in [0.25, 0.3) is 0 Å². The van der Waals surface area contributed by atoms with Crippen molar-refractivity contribution in [2.75, 3.05) is 5.32 Å². The molecule has 2 aromatic rings. The molecule has 0 aliphatic carbocycles. The Morgan fingerprint density at radius 2 is 1.88 bits per heavy atom. The second-order valence-corrected chi connectivity index (χ2v) is 7.17. The average molecular weight is 416 g/mol. The van der Waals surface area contributed by atoms with Crippen LogP contribution in [-0.2, 0) is 6.54 Å². The lowest BCUT2D eigenvalue weighted by atomic mass is 10.3. The van der Waals surface area contributed by atoms with Gasteiger partial charge in [-0.3, -0.25) is 0 Å². The fourth-order valence-corrected chi connectivity index (χ4v) is 3.50. The summed E-state index contributed by atoms with van der Waals surface area (Å²) < 4.78 is 2.60. The molecule has 0 amide bonds.